The number of nitro groups is 1. The Morgan fingerprint density at radius 3 is 2.38 bits per heavy atom. The fraction of sp³-hybridized carbons (Fsp3) is 0.294. The van der Waals surface area contributed by atoms with E-state index >= 15 is 0 Å². The standard InChI is InChI=1S/C17H17ClN2O6/c1-9-13(16(21)25-2)14(10-5-4-6-11(7-10)20(23)24)15(17(22)26-3)12(8-18)19-9/h4-7,14,19H,8H2,1-3H3/t14-/m0/s1. The van der Waals surface area contributed by atoms with Gasteiger partial charge in [0, 0.05) is 23.5 Å². The number of carbonyl (C=O) groups excluding carboxylic acids is 2. The smallest absolute Gasteiger partial charge is 0.336 e. The average Bonchev–Trinajstić information content (AvgIpc) is 2.65. The molecular formula is C17H17ClN2O6. The molecule has 1 aromatic rings. The van der Waals surface area contributed by atoms with Gasteiger partial charge in [0.05, 0.1) is 42.1 Å². The first kappa shape index (κ1) is 19.5. The van der Waals surface area contributed by atoms with Crippen molar-refractivity contribution in [3.8, 4) is 0 Å². The van der Waals surface area contributed by atoms with Crippen LogP contribution in [0.25, 0.3) is 0 Å². The van der Waals surface area contributed by atoms with Gasteiger partial charge in [-0.2, -0.15) is 0 Å². The lowest BCUT2D eigenvalue weighted by Crippen LogP contribution is -2.33. The number of nitrogens with one attached hydrogen (secondary N) is 1. The van der Waals surface area contributed by atoms with E-state index in [2.05, 4.69) is 5.32 Å². The largest absolute Gasteiger partial charge is 0.466 e. The monoisotopic (exact) mass is 380 g/mol. The number of methoxy groups -OCH3 is 2. The normalized spacial score (nSPS) is 16.8. The van der Waals surface area contributed by atoms with Crippen LogP contribution in [0, 0.1) is 10.1 Å². The fourth-order valence-electron chi connectivity index (χ4n) is 2.88. The third-order valence-corrected chi connectivity index (χ3v) is 4.27. The van der Waals surface area contributed by atoms with Crippen molar-refractivity contribution in [1.82, 2.24) is 5.32 Å². The molecule has 0 aromatic heterocycles. The number of ether oxygens (including phenoxy) is 2. The van der Waals surface area contributed by atoms with E-state index in [4.69, 9.17) is 21.1 Å². The highest BCUT2D eigenvalue weighted by molar-refractivity contribution is 6.20. The van der Waals surface area contributed by atoms with Crippen LogP contribution in [-0.4, -0.2) is 37.0 Å². The van der Waals surface area contributed by atoms with Gasteiger partial charge in [-0.1, -0.05) is 12.1 Å². The Bertz CT molecular complexity index is 830. The zero-order valence-corrected chi connectivity index (χ0v) is 15.1. The number of nitrogens with zero attached hydrogens (tertiary/aromatic N) is 1. The van der Waals surface area contributed by atoms with E-state index < -0.39 is 22.8 Å². The molecule has 0 bridgehead atoms. The van der Waals surface area contributed by atoms with Crippen LogP contribution in [0.5, 0.6) is 0 Å². The second kappa shape index (κ2) is 8.01. The summed E-state index contributed by atoms with van der Waals surface area (Å²) in [7, 11) is 2.42. The van der Waals surface area contributed by atoms with Crippen LogP contribution < -0.4 is 5.32 Å². The number of nitro benzene ring substituents is 1. The van der Waals surface area contributed by atoms with Crippen LogP contribution in [-0.2, 0) is 19.1 Å². The molecule has 0 spiro atoms. The summed E-state index contributed by atoms with van der Waals surface area (Å²) in [6.07, 6.45) is 0. The molecule has 0 amide bonds. The van der Waals surface area contributed by atoms with Gasteiger partial charge in [0.15, 0.2) is 0 Å². The highest BCUT2D eigenvalue weighted by Crippen LogP contribution is 2.40. The van der Waals surface area contributed by atoms with E-state index in [1.54, 1.807) is 13.0 Å². The van der Waals surface area contributed by atoms with Crippen molar-refractivity contribution in [3.63, 3.8) is 0 Å². The lowest BCUT2D eigenvalue weighted by molar-refractivity contribution is -0.384. The van der Waals surface area contributed by atoms with Crippen LogP contribution in [0.2, 0.25) is 0 Å². The summed E-state index contributed by atoms with van der Waals surface area (Å²) in [5.41, 5.74) is 1.27. The molecule has 2 rings (SSSR count). The number of benzene rings is 1. The molecule has 1 heterocycles. The Balaban J connectivity index is 2.76. The number of non-ortho nitro benzene ring substituents is 1. The predicted octanol–water partition coefficient (Wildman–Crippen LogP) is 2.39. The Morgan fingerprint density at radius 1 is 1.23 bits per heavy atom. The number of hydrogen-bond donors (Lipinski definition) is 1. The minimum absolute atomic E-state index is 0.0400. The van der Waals surface area contributed by atoms with E-state index in [0.717, 1.165) is 0 Å². The SMILES string of the molecule is COC(=O)C1=C(C)NC(CCl)=C(C(=O)OC)[C@H]1c1cccc([N+](=O)[O-])c1. The summed E-state index contributed by atoms with van der Waals surface area (Å²) in [6.45, 7) is 1.64. The van der Waals surface area contributed by atoms with Crippen molar-refractivity contribution in [3.05, 3.63) is 62.5 Å². The molecule has 0 radical (unpaired) electrons. The van der Waals surface area contributed by atoms with Crippen LogP contribution in [0.15, 0.2) is 46.8 Å². The molecule has 0 unspecified atom stereocenters. The Morgan fingerprint density at radius 2 is 1.85 bits per heavy atom. The van der Waals surface area contributed by atoms with Gasteiger partial charge in [-0.25, -0.2) is 9.59 Å². The summed E-state index contributed by atoms with van der Waals surface area (Å²) in [5, 5.41) is 14.1. The maximum Gasteiger partial charge on any atom is 0.336 e. The van der Waals surface area contributed by atoms with Crippen molar-refractivity contribution in [2.45, 2.75) is 12.8 Å². The van der Waals surface area contributed by atoms with Gasteiger partial charge in [-0.15, -0.1) is 11.6 Å². The third-order valence-electron chi connectivity index (χ3n) is 4.00. The van der Waals surface area contributed by atoms with Gasteiger partial charge in [-0.05, 0) is 12.5 Å². The van der Waals surface area contributed by atoms with Gasteiger partial charge in [0.1, 0.15) is 0 Å². The van der Waals surface area contributed by atoms with E-state index in [9.17, 15) is 19.7 Å². The number of dihydropyridines is 1. The number of rotatable bonds is 5. The lowest BCUT2D eigenvalue weighted by atomic mass is 9.80. The van der Waals surface area contributed by atoms with Gasteiger partial charge in [0.2, 0.25) is 0 Å². The molecule has 1 aliphatic heterocycles. The lowest BCUT2D eigenvalue weighted by Gasteiger charge is -2.30. The zero-order chi connectivity index (χ0) is 19.4. The van der Waals surface area contributed by atoms with Crippen molar-refractivity contribution in [2.75, 3.05) is 20.1 Å². The molecule has 0 fully saturated rings. The Kier molecular flexibility index (Phi) is 5.99. The molecule has 0 saturated carbocycles. The van der Waals surface area contributed by atoms with Crippen molar-refractivity contribution < 1.29 is 24.0 Å². The number of allylic oxidation sites excluding steroid dienone is 2. The molecule has 8 nitrogen and oxygen atoms in total. The molecule has 9 heteroatoms. The molecule has 0 saturated heterocycles. The van der Waals surface area contributed by atoms with Crippen LogP contribution in [0.1, 0.15) is 18.4 Å². The highest BCUT2D eigenvalue weighted by atomic mass is 35.5. The quantitative estimate of drug-likeness (QED) is 0.361. The number of carbonyl (C=O) groups is 2. The molecular weight excluding hydrogens is 364 g/mol. The van der Waals surface area contributed by atoms with E-state index in [-0.39, 0.29) is 22.7 Å². The molecule has 26 heavy (non-hydrogen) atoms. The third kappa shape index (κ3) is 3.55. The number of alkyl halides is 1. The second-order valence-electron chi connectivity index (χ2n) is 5.46. The summed E-state index contributed by atoms with van der Waals surface area (Å²) in [5.74, 6) is -2.31. The summed E-state index contributed by atoms with van der Waals surface area (Å²) in [6, 6.07) is 5.70. The number of hydrogen-bond acceptors (Lipinski definition) is 7. The minimum atomic E-state index is -0.912. The van der Waals surface area contributed by atoms with E-state index in [1.165, 1.54) is 32.4 Å². The average molecular weight is 381 g/mol. The van der Waals surface area contributed by atoms with E-state index in [0.29, 0.717) is 17.0 Å². The molecule has 1 aliphatic rings. The maximum atomic E-state index is 12.4. The maximum absolute atomic E-state index is 12.4. The topological polar surface area (TPSA) is 108 Å². The van der Waals surface area contributed by atoms with Crippen LogP contribution in [0.3, 0.4) is 0 Å². The first-order chi connectivity index (χ1) is 12.3. The molecule has 1 aromatic carbocycles. The summed E-state index contributed by atoms with van der Waals surface area (Å²) in [4.78, 5) is 35.4. The first-order valence-electron chi connectivity index (χ1n) is 7.53. The van der Waals surface area contributed by atoms with E-state index in [1.807, 2.05) is 0 Å². The van der Waals surface area contributed by atoms with Crippen molar-refractivity contribution in [1.29, 1.82) is 0 Å². The number of halogens is 1. The minimum Gasteiger partial charge on any atom is -0.466 e. The zero-order valence-electron chi connectivity index (χ0n) is 14.4. The molecule has 0 aliphatic carbocycles. The van der Waals surface area contributed by atoms with Crippen LogP contribution >= 0.6 is 11.6 Å². The molecule has 1 atom stereocenters. The Labute approximate surface area is 154 Å². The van der Waals surface area contributed by atoms with Gasteiger partial charge in [-0.3, -0.25) is 10.1 Å². The first-order valence-corrected chi connectivity index (χ1v) is 8.06. The summed E-state index contributed by atoms with van der Waals surface area (Å²) >= 11 is 5.96. The van der Waals surface area contributed by atoms with Crippen molar-refractivity contribution >= 4 is 29.2 Å². The Hall–Kier alpha value is -2.87. The molecule has 1 N–H and O–H groups in total. The fourth-order valence-corrected chi connectivity index (χ4v) is 3.10. The summed E-state index contributed by atoms with van der Waals surface area (Å²) < 4.78 is 9.69. The van der Waals surface area contributed by atoms with Crippen LogP contribution in [0.4, 0.5) is 5.69 Å². The predicted molar refractivity (Wildman–Crippen MR) is 93.5 cm³/mol. The van der Waals surface area contributed by atoms with Gasteiger partial charge >= 0.3 is 11.9 Å². The van der Waals surface area contributed by atoms with Gasteiger partial charge in [0.25, 0.3) is 5.69 Å². The second-order valence-corrected chi connectivity index (χ2v) is 5.73. The van der Waals surface area contributed by atoms with Gasteiger partial charge < -0.3 is 14.8 Å². The van der Waals surface area contributed by atoms with Crippen molar-refractivity contribution in [2.24, 2.45) is 0 Å². The number of esters is 2. The highest BCUT2D eigenvalue weighted by Gasteiger charge is 2.38. The molecule has 138 valence electrons.